The van der Waals surface area contributed by atoms with Gasteiger partial charge in [0, 0.05) is 26.9 Å². The first-order valence-electron chi connectivity index (χ1n) is 6.01. The molecule has 3 rings (SSSR count). The van der Waals surface area contributed by atoms with Crippen molar-refractivity contribution in [2.45, 2.75) is 20.8 Å². The van der Waals surface area contributed by atoms with Gasteiger partial charge in [-0.15, -0.1) is 0 Å². The Morgan fingerprint density at radius 1 is 1.18 bits per heavy atom. The highest BCUT2D eigenvalue weighted by molar-refractivity contribution is 5.86. The Bertz CT molecular complexity index is 741. The lowest BCUT2D eigenvalue weighted by atomic mass is 9.78. The predicted molar refractivity (Wildman–Crippen MR) is 74.0 cm³/mol. The van der Waals surface area contributed by atoms with Crippen LogP contribution >= 0.6 is 0 Å². The topological polar surface area (TPSA) is 15.8 Å². The molecule has 1 heterocycles. The fourth-order valence-corrected chi connectivity index (χ4v) is 2.76. The molecule has 1 heteroatoms. The molecule has 0 spiro atoms. The van der Waals surface area contributed by atoms with E-state index < -0.39 is 0 Å². The van der Waals surface area contributed by atoms with Crippen molar-refractivity contribution in [2.75, 3.05) is 0 Å². The van der Waals surface area contributed by atoms with Gasteiger partial charge in [-0.05, 0) is 24.1 Å². The zero-order valence-corrected chi connectivity index (χ0v) is 10.6. The molecule has 0 saturated heterocycles. The average Bonchev–Trinajstić information content (AvgIpc) is 2.63. The summed E-state index contributed by atoms with van der Waals surface area (Å²) >= 11 is 0. The van der Waals surface area contributed by atoms with Gasteiger partial charge in [0.05, 0.1) is 0 Å². The van der Waals surface area contributed by atoms with Crippen LogP contribution in [0.2, 0.25) is 0 Å². The number of aromatic nitrogens is 1. The number of H-pyrrole nitrogens is 1. The van der Waals surface area contributed by atoms with Crippen LogP contribution in [-0.2, 0) is 0 Å². The summed E-state index contributed by atoms with van der Waals surface area (Å²) in [5.74, 6) is 0. The largest absolute Gasteiger partial charge is 0.355 e. The van der Waals surface area contributed by atoms with Crippen molar-refractivity contribution in [2.24, 2.45) is 5.41 Å². The minimum Gasteiger partial charge on any atom is -0.355 e. The molecule has 86 valence electrons. The van der Waals surface area contributed by atoms with Crippen LogP contribution in [0.3, 0.4) is 0 Å². The van der Waals surface area contributed by atoms with Gasteiger partial charge in [0.1, 0.15) is 0 Å². The van der Waals surface area contributed by atoms with Crippen molar-refractivity contribution in [1.29, 1.82) is 0 Å². The fraction of sp³-hybridized carbons (Fsp3) is 0.250. The zero-order valence-electron chi connectivity index (χ0n) is 10.6. The third kappa shape index (κ3) is 1.32. The Balaban J connectivity index is 2.60. The van der Waals surface area contributed by atoms with Crippen LogP contribution < -0.4 is 10.6 Å². The van der Waals surface area contributed by atoms with Gasteiger partial charge in [-0.1, -0.05) is 44.7 Å². The van der Waals surface area contributed by atoms with Gasteiger partial charge >= 0.3 is 0 Å². The lowest BCUT2D eigenvalue weighted by Crippen LogP contribution is -2.34. The number of rotatable bonds is 0. The quantitative estimate of drug-likeness (QED) is 0.707. The zero-order chi connectivity index (χ0) is 12.2. The van der Waals surface area contributed by atoms with E-state index in [0.29, 0.717) is 0 Å². The van der Waals surface area contributed by atoms with E-state index in [0.717, 1.165) is 0 Å². The first-order valence-corrected chi connectivity index (χ1v) is 6.01. The molecule has 1 N–H and O–H groups in total. The fourth-order valence-electron chi connectivity index (χ4n) is 2.76. The second kappa shape index (κ2) is 3.13. The Morgan fingerprint density at radius 3 is 2.65 bits per heavy atom. The van der Waals surface area contributed by atoms with Crippen molar-refractivity contribution in [1.82, 2.24) is 4.98 Å². The third-order valence-corrected chi connectivity index (χ3v) is 3.85. The third-order valence-electron chi connectivity index (χ3n) is 3.85. The summed E-state index contributed by atoms with van der Waals surface area (Å²) in [5.41, 5.74) is 3.77. The molecule has 0 unspecified atom stereocenters. The summed E-state index contributed by atoms with van der Waals surface area (Å²) < 4.78 is 0. The molecular formula is C16H17N. The van der Waals surface area contributed by atoms with Crippen LogP contribution in [0.5, 0.6) is 0 Å². The van der Waals surface area contributed by atoms with Gasteiger partial charge in [0.2, 0.25) is 0 Å². The molecule has 0 bridgehead atoms. The van der Waals surface area contributed by atoms with E-state index in [4.69, 9.17) is 0 Å². The van der Waals surface area contributed by atoms with Crippen molar-refractivity contribution in [3.8, 4) is 0 Å². The van der Waals surface area contributed by atoms with Crippen molar-refractivity contribution >= 4 is 22.6 Å². The number of aromatic amines is 1. The molecule has 1 aliphatic rings. The van der Waals surface area contributed by atoms with Gasteiger partial charge in [-0.25, -0.2) is 0 Å². The SMILES string of the molecule is C=C1C(C)=c2c([nH]c3ccccc23)=CC1(C)C. The lowest BCUT2D eigenvalue weighted by Gasteiger charge is -2.26. The Hall–Kier alpha value is -1.76. The van der Waals surface area contributed by atoms with Crippen molar-refractivity contribution in [3.63, 3.8) is 0 Å². The minimum absolute atomic E-state index is 0.0396. The summed E-state index contributed by atoms with van der Waals surface area (Å²) in [7, 11) is 0. The highest BCUT2D eigenvalue weighted by Gasteiger charge is 2.24. The van der Waals surface area contributed by atoms with Gasteiger partial charge in [0.15, 0.2) is 0 Å². The molecule has 0 radical (unpaired) electrons. The lowest BCUT2D eigenvalue weighted by molar-refractivity contribution is 0.636. The maximum absolute atomic E-state index is 4.25. The number of benzene rings is 1. The van der Waals surface area contributed by atoms with Crippen LogP contribution in [0, 0.1) is 5.41 Å². The van der Waals surface area contributed by atoms with E-state index in [1.807, 2.05) is 0 Å². The van der Waals surface area contributed by atoms with Crippen LogP contribution in [0.15, 0.2) is 36.4 Å². The van der Waals surface area contributed by atoms with Crippen molar-refractivity contribution in [3.05, 3.63) is 47.0 Å². The summed E-state index contributed by atoms with van der Waals surface area (Å²) in [4.78, 5) is 3.51. The molecule has 0 atom stereocenters. The molecule has 0 aliphatic heterocycles. The minimum atomic E-state index is 0.0396. The highest BCUT2D eigenvalue weighted by atomic mass is 14.7. The molecule has 1 aromatic heterocycles. The van der Waals surface area contributed by atoms with Gasteiger partial charge in [0.25, 0.3) is 0 Å². The second-order valence-electron chi connectivity index (χ2n) is 5.43. The maximum atomic E-state index is 4.25. The van der Waals surface area contributed by atoms with Gasteiger partial charge in [-0.3, -0.25) is 0 Å². The number of para-hydroxylation sites is 1. The Kier molecular flexibility index (Phi) is 1.91. The van der Waals surface area contributed by atoms with E-state index in [2.05, 4.69) is 62.7 Å². The molecule has 1 nitrogen and oxygen atoms in total. The van der Waals surface area contributed by atoms with Gasteiger partial charge in [-0.2, -0.15) is 0 Å². The molecular weight excluding hydrogens is 206 g/mol. The van der Waals surface area contributed by atoms with Crippen molar-refractivity contribution < 1.29 is 0 Å². The predicted octanol–water partition coefficient (Wildman–Crippen LogP) is 2.72. The molecule has 0 saturated carbocycles. The van der Waals surface area contributed by atoms with E-state index in [9.17, 15) is 0 Å². The standard InChI is InChI=1S/C16H17N/c1-10-11(2)16(3,4)9-14-15(10)12-7-5-6-8-13(12)17-14/h5-9,17H,2H2,1,3-4H3. The number of fused-ring (bicyclic) bond motifs is 3. The number of allylic oxidation sites excluding steroid dienone is 1. The second-order valence-corrected chi connectivity index (χ2v) is 5.43. The first-order chi connectivity index (χ1) is 8.00. The Labute approximate surface area is 101 Å². The van der Waals surface area contributed by atoms with Crippen LogP contribution in [0.4, 0.5) is 0 Å². The number of hydrogen-bond donors (Lipinski definition) is 1. The summed E-state index contributed by atoms with van der Waals surface area (Å²) in [6.07, 6.45) is 2.29. The summed E-state index contributed by atoms with van der Waals surface area (Å²) in [5, 5.41) is 3.86. The first kappa shape index (κ1) is 10.4. The highest BCUT2D eigenvalue weighted by Crippen LogP contribution is 2.33. The number of nitrogens with one attached hydrogen (secondary N) is 1. The van der Waals surface area contributed by atoms with E-state index in [1.54, 1.807) is 0 Å². The molecule has 2 aromatic rings. The monoisotopic (exact) mass is 223 g/mol. The average molecular weight is 223 g/mol. The van der Waals surface area contributed by atoms with Gasteiger partial charge < -0.3 is 4.98 Å². The summed E-state index contributed by atoms with van der Waals surface area (Å²) in [6, 6.07) is 8.46. The van der Waals surface area contributed by atoms with Crippen LogP contribution in [0.1, 0.15) is 20.8 Å². The van der Waals surface area contributed by atoms with Crippen LogP contribution in [0.25, 0.3) is 22.6 Å². The molecule has 0 amide bonds. The Morgan fingerprint density at radius 2 is 1.88 bits per heavy atom. The van der Waals surface area contributed by atoms with E-state index in [-0.39, 0.29) is 5.41 Å². The number of hydrogen-bond acceptors (Lipinski definition) is 0. The smallest absolute Gasteiger partial charge is 0.0464 e. The molecule has 17 heavy (non-hydrogen) atoms. The molecule has 1 aromatic carbocycles. The normalized spacial score (nSPS) is 18.1. The molecule has 0 fully saturated rings. The van der Waals surface area contributed by atoms with Crippen LogP contribution in [-0.4, -0.2) is 4.98 Å². The maximum Gasteiger partial charge on any atom is 0.0464 e. The van der Waals surface area contributed by atoms with E-state index in [1.165, 1.54) is 32.6 Å². The summed E-state index contributed by atoms with van der Waals surface area (Å²) in [6.45, 7) is 10.9. The molecule has 1 aliphatic carbocycles. The van der Waals surface area contributed by atoms with E-state index >= 15 is 0 Å².